The number of halogens is 3. The SMILES string of the molecule is O=C(NCCC(O)c1cccc(C#CC2(O)CCCCC2)c1)C(F)(F)F. The van der Waals surface area contributed by atoms with Crippen molar-refractivity contribution in [1.82, 2.24) is 5.32 Å². The van der Waals surface area contributed by atoms with Crippen molar-refractivity contribution >= 4 is 5.91 Å². The van der Waals surface area contributed by atoms with E-state index in [1.54, 1.807) is 29.6 Å². The van der Waals surface area contributed by atoms with Crippen LogP contribution < -0.4 is 5.32 Å². The van der Waals surface area contributed by atoms with Crippen molar-refractivity contribution in [2.45, 2.75) is 56.4 Å². The van der Waals surface area contributed by atoms with Crippen molar-refractivity contribution in [3.63, 3.8) is 0 Å². The number of alkyl halides is 3. The number of benzene rings is 1. The second-order valence-electron chi connectivity index (χ2n) is 6.53. The summed E-state index contributed by atoms with van der Waals surface area (Å²) in [5.41, 5.74) is 0.128. The lowest BCUT2D eigenvalue weighted by atomic mass is 9.85. The zero-order valence-electron chi connectivity index (χ0n) is 14.3. The molecule has 1 aromatic rings. The minimum atomic E-state index is -4.93. The average Bonchev–Trinajstić information content (AvgIpc) is 2.60. The van der Waals surface area contributed by atoms with Gasteiger partial charge in [-0.25, -0.2) is 0 Å². The highest BCUT2D eigenvalue weighted by molar-refractivity contribution is 5.81. The van der Waals surface area contributed by atoms with Crippen LogP contribution in [0, 0.1) is 11.8 Å². The molecule has 142 valence electrons. The van der Waals surface area contributed by atoms with E-state index in [-0.39, 0.29) is 13.0 Å². The van der Waals surface area contributed by atoms with Crippen molar-refractivity contribution in [3.05, 3.63) is 35.4 Å². The highest BCUT2D eigenvalue weighted by atomic mass is 19.4. The van der Waals surface area contributed by atoms with Gasteiger partial charge in [0.15, 0.2) is 0 Å². The number of hydrogen-bond donors (Lipinski definition) is 3. The summed E-state index contributed by atoms with van der Waals surface area (Å²) in [6, 6.07) is 6.69. The average molecular weight is 369 g/mol. The molecule has 2 rings (SSSR count). The van der Waals surface area contributed by atoms with Gasteiger partial charge in [0.05, 0.1) is 6.10 Å². The van der Waals surface area contributed by atoms with Gasteiger partial charge in [0.25, 0.3) is 0 Å². The second-order valence-corrected chi connectivity index (χ2v) is 6.53. The summed E-state index contributed by atoms with van der Waals surface area (Å²) in [5, 5.41) is 22.2. The summed E-state index contributed by atoms with van der Waals surface area (Å²) in [6.07, 6.45) is -1.76. The minimum Gasteiger partial charge on any atom is -0.388 e. The molecule has 1 aliphatic carbocycles. The second kappa shape index (κ2) is 8.56. The van der Waals surface area contributed by atoms with E-state index in [2.05, 4.69) is 11.8 Å². The van der Waals surface area contributed by atoms with Gasteiger partial charge in [0.2, 0.25) is 0 Å². The summed E-state index contributed by atoms with van der Waals surface area (Å²) < 4.78 is 36.3. The quantitative estimate of drug-likeness (QED) is 0.715. The molecule has 4 nitrogen and oxygen atoms in total. The molecule has 1 aromatic carbocycles. The van der Waals surface area contributed by atoms with Crippen molar-refractivity contribution in [2.75, 3.05) is 6.54 Å². The molecule has 0 radical (unpaired) electrons. The van der Waals surface area contributed by atoms with Gasteiger partial charge in [-0.15, -0.1) is 0 Å². The number of amides is 1. The maximum absolute atomic E-state index is 12.1. The van der Waals surface area contributed by atoms with Crippen molar-refractivity contribution < 1.29 is 28.2 Å². The molecule has 0 heterocycles. The first kappa shape index (κ1) is 20.3. The van der Waals surface area contributed by atoms with Gasteiger partial charge in [0.1, 0.15) is 5.60 Å². The zero-order chi connectivity index (χ0) is 19.2. The van der Waals surface area contributed by atoms with E-state index in [1.807, 2.05) is 0 Å². The first-order chi connectivity index (χ1) is 12.2. The molecule has 0 aromatic heterocycles. The minimum absolute atomic E-state index is 0.0529. The summed E-state index contributed by atoms with van der Waals surface area (Å²) in [7, 11) is 0. The Morgan fingerprint density at radius 1 is 1.27 bits per heavy atom. The third kappa shape index (κ3) is 6.04. The van der Waals surface area contributed by atoms with Crippen LogP contribution in [0.3, 0.4) is 0 Å². The van der Waals surface area contributed by atoms with Gasteiger partial charge >= 0.3 is 12.1 Å². The number of nitrogens with one attached hydrogen (secondary N) is 1. The number of carbonyl (C=O) groups is 1. The summed E-state index contributed by atoms with van der Waals surface area (Å²) in [5.74, 6) is 3.79. The van der Waals surface area contributed by atoms with Crippen LogP contribution in [0.4, 0.5) is 13.2 Å². The topological polar surface area (TPSA) is 69.6 Å². The Labute approximate surface area is 150 Å². The Morgan fingerprint density at radius 3 is 2.62 bits per heavy atom. The number of hydrogen-bond acceptors (Lipinski definition) is 3. The Morgan fingerprint density at radius 2 is 1.96 bits per heavy atom. The van der Waals surface area contributed by atoms with Crippen LogP contribution in [0.25, 0.3) is 0 Å². The van der Waals surface area contributed by atoms with E-state index in [0.29, 0.717) is 24.0 Å². The highest BCUT2D eigenvalue weighted by Gasteiger charge is 2.38. The summed E-state index contributed by atoms with van der Waals surface area (Å²) >= 11 is 0. The molecule has 1 atom stereocenters. The molecule has 7 heteroatoms. The molecule has 3 N–H and O–H groups in total. The first-order valence-corrected chi connectivity index (χ1v) is 8.58. The number of aliphatic hydroxyl groups excluding tert-OH is 1. The molecular weight excluding hydrogens is 347 g/mol. The van der Waals surface area contributed by atoms with Crippen LogP contribution in [-0.2, 0) is 4.79 Å². The smallest absolute Gasteiger partial charge is 0.388 e. The van der Waals surface area contributed by atoms with E-state index in [9.17, 15) is 28.2 Å². The molecule has 0 aliphatic heterocycles. The van der Waals surface area contributed by atoms with Crippen molar-refractivity contribution in [3.8, 4) is 11.8 Å². The van der Waals surface area contributed by atoms with Crippen LogP contribution >= 0.6 is 0 Å². The largest absolute Gasteiger partial charge is 0.471 e. The molecule has 1 unspecified atom stereocenters. The normalized spacial score (nSPS) is 17.7. The predicted molar refractivity (Wildman–Crippen MR) is 90.0 cm³/mol. The number of carbonyl (C=O) groups excluding carboxylic acids is 1. The molecular formula is C19H22F3NO3. The van der Waals surface area contributed by atoms with Gasteiger partial charge < -0.3 is 15.5 Å². The van der Waals surface area contributed by atoms with Crippen molar-refractivity contribution in [1.29, 1.82) is 0 Å². The number of rotatable bonds is 4. The van der Waals surface area contributed by atoms with Gasteiger partial charge in [-0.1, -0.05) is 30.4 Å². The van der Waals surface area contributed by atoms with Gasteiger partial charge in [-0.2, -0.15) is 13.2 Å². The van der Waals surface area contributed by atoms with Crippen molar-refractivity contribution in [2.24, 2.45) is 0 Å². The fourth-order valence-electron chi connectivity index (χ4n) is 2.86. The number of aliphatic hydroxyl groups is 2. The lowest BCUT2D eigenvalue weighted by Gasteiger charge is -2.26. The van der Waals surface area contributed by atoms with Gasteiger partial charge in [-0.05, 0) is 49.8 Å². The highest BCUT2D eigenvalue weighted by Crippen LogP contribution is 2.27. The fourth-order valence-corrected chi connectivity index (χ4v) is 2.86. The first-order valence-electron chi connectivity index (χ1n) is 8.58. The molecule has 0 bridgehead atoms. The van der Waals surface area contributed by atoms with E-state index in [4.69, 9.17) is 0 Å². The Balaban J connectivity index is 1.95. The molecule has 26 heavy (non-hydrogen) atoms. The predicted octanol–water partition coefficient (Wildman–Crippen LogP) is 2.84. The monoisotopic (exact) mass is 369 g/mol. The van der Waals surface area contributed by atoms with E-state index in [1.165, 1.54) is 0 Å². The van der Waals surface area contributed by atoms with Crippen LogP contribution in [-0.4, -0.2) is 34.4 Å². The van der Waals surface area contributed by atoms with E-state index in [0.717, 1.165) is 19.3 Å². The molecule has 1 fully saturated rings. The third-order valence-corrected chi connectivity index (χ3v) is 4.35. The lowest BCUT2D eigenvalue weighted by Crippen LogP contribution is -2.37. The lowest BCUT2D eigenvalue weighted by molar-refractivity contribution is -0.173. The maximum atomic E-state index is 12.1. The summed E-state index contributed by atoms with van der Waals surface area (Å²) in [4.78, 5) is 10.7. The Kier molecular flexibility index (Phi) is 6.68. The fraction of sp³-hybridized carbons (Fsp3) is 0.526. The zero-order valence-corrected chi connectivity index (χ0v) is 14.3. The van der Waals surface area contributed by atoms with Gasteiger partial charge in [-0.3, -0.25) is 4.79 Å². The standard InChI is InChI=1S/C19H22F3NO3/c20-19(21,22)17(25)23-12-8-16(24)15-6-4-5-14(13-15)7-11-18(26)9-2-1-3-10-18/h4-6,13,16,24,26H,1-3,8-10,12H2,(H,23,25). The summed E-state index contributed by atoms with van der Waals surface area (Å²) in [6.45, 7) is -0.296. The molecule has 1 saturated carbocycles. The van der Waals surface area contributed by atoms with E-state index < -0.39 is 23.8 Å². The molecule has 1 amide bonds. The maximum Gasteiger partial charge on any atom is 0.471 e. The Bertz CT molecular complexity index is 685. The van der Waals surface area contributed by atoms with Crippen LogP contribution in [0.15, 0.2) is 24.3 Å². The van der Waals surface area contributed by atoms with Crippen LogP contribution in [0.2, 0.25) is 0 Å². The Hall–Kier alpha value is -2.04. The van der Waals surface area contributed by atoms with Gasteiger partial charge in [0, 0.05) is 12.1 Å². The third-order valence-electron chi connectivity index (χ3n) is 4.35. The van der Waals surface area contributed by atoms with Crippen LogP contribution in [0.5, 0.6) is 0 Å². The molecule has 0 saturated heterocycles. The molecule has 1 aliphatic rings. The van der Waals surface area contributed by atoms with Crippen LogP contribution in [0.1, 0.15) is 55.8 Å². The molecule has 0 spiro atoms. The van der Waals surface area contributed by atoms with E-state index >= 15 is 0 Å².